The summed E-state index contributed by atoms with van der Waals surface area (Å²) >= 11 is 0. The summed E-state index contributed by atoms with van der Waals surface area (Å²) in [5.41, 5.74) is 0.825. The van der Waals surface area contributed by atoms with Gasteiger partial charge in [-0.25, -0.2) is 0 Å². The molecule has 3 amide bonds. The molecule has 0 saturated carbocycles. The van der Waals surface area contributed by atoms with Crippen LogP contribution in [0.5, 0.6) is 5.75 Å². The average molecular weight is 600 g/mol. The van der Waals surface area contributed by atoms with Gasteiger partial charge in [0.2, 0.25) is 11.8 Å². The van der Waals surface area contributed by atoms with Crippen LogP contribution in [0.4, 0.5) is 11.4 Å². The van der Waals surface area contributed by atoms with Gasteiger partial charge in [-0.3, -0.25) is 14.4 Å². The second kappa shape index (κ2) is 11.2. The third kappa shape index (κ3) is 4.39. The Morgan fingerprint density at radius 3 is 2.20 bits per heavy atom. The van der Waals surface area contributed by atoms with E-state index in [-0.39, 0.29) is 24.3 Å². The highest BCUT2D eigenvalue weighted by molar-refractivity contribution is 6.08. The first kappa shape index (κ1) is 30.1. The van der Waals surface area contributed by atoms with Gasteiger partial charge in [0, 0.05) is 24.5 Å². The Morgan fingerprint density at radius 2 is 1.57 bits per heavy atom. The van der Waals surface area contributed by atoms with Crippen LogP contribution in [0.2, 0.25) is 0 Å². The number of ether oxygens (including phenoxy) is 2. The number of benzene rings is 2. The number of anilines is 2. The Bertz CT molecular complexity index is 1510. The lowest BCUT2D eigenvalue weighted by molar-refractivity contribution is -0.148. The smallest absolute Gasteiger partial charge is 0.253 e. The number of nitrogens with zero attached hydrogens (tertiary/aromatic N) is 3. The number of carbonyl (C=O) groups is 3. The van der Waals surface area contributed by atoms with Gasteiger partial charge in [0.1, 0.15) is 17.4 Å². The summed E-state index contributed by atoms with van der Waals surface area (Å²) in [5.74, 6) is -2.02. The number of aliphatic hydroxyl groups excluding tert-OH is 1. The minimum atomic E-state index is -1.40. The van der Waals surface area contributed by atoms with E-state index < -0.39 is 35.1 Å². The maximum atomic E-state index is 14.8. The molecule has 6 atom stereocenters. The van der Waals surface area contributed by atoms with Gasteiger partial charge in [-0.2, -0.15) is 0 Å². The van der Waals surface area contributed by atoms with Gasteiger partial charge in [-0.15, -0.1) is 0 Å². The van der Waals surface area contributed by atoms with Crippen molar-refractivity contribution in [2.45, 2.75) is 64.3 Å². The summed E-state index contributed by atoms with van der Waals surface area (Å²) in [4.78, 5) is 49.0. The number of aryl methyl sites for hydroxylation is 2. The van der Waals surface area contributed by atoms with Crippen LogP contribution in [0.1, 0.15) is 38.3 Å². The number of fused-ring (bicyclic) bond motifs is 2. The Morgan fingerprint density at radius 1 is 0.909 bits per heavy atom. The van der Waals surface area contributed by atoms with Crippen LogP contribution < -0.4 is 14.5 Å². The monoisotopic (exact) mass is 599 g/mol. The molecule has 1 unspecified atom stereocenters. The molecule has 1 N–H and O–H groups in total. The summed E-state index contributed by atoms with van der Waals surface area (Å²) in [7, 11) is 0. The second-order valence-electron chi connectivity index (χ2n) is 12.4. The molecule has 232 valence electrons. The van der Waals surface area contributed by atoms with Crippen LogP contribution >= 0.6 is 0 Å². The first-order valence-electron chi connectivity index (χ1n) is 15.5. The Labute approximate surface area is 258 Å². The van der Waals surface area contributed by atoms with Crippen LogP contribution in [0.3, 0.4) is 0 Å². The highest BCUT2D eigenvalue weighted by Gasteiger charge is 2.75. The average Bonchev–Trinajstić information content (AvgIpc) is 3.27. The zero-order valence-corrected chi connectivity index (χ0v) is 26.0. The van der Waals surface area contributed by atoms with Gasteiger partial charge >= 0.3 is 0 Å². The van der Waals surface area contributed by atoms with Crippen molar-refractivity contribution in [3.05, 3.63) is 77.9 Å². The molecule has 6 rings (SSSR count). The molecule has 4 heterocycles. The first-order valence-corrected chi connectivity index (χ1v) is 15.5. The van der Waals surface area contributed by atoms with E-state index in [1.807, 2.05) is 101 Å². The quantitative estimate of drug-likeness (QED) is 0.484. The normalized spacial score (nSPS) is 30.2. The molecular weight excluding hydrogens is 558 g/mol. The van der Waals surface area contributed by atoms with Crippen molar-refractivity contribution in [1.29, 1.82) is 0 Å². The number of rotatable bonds is 7. The number of carbonyl (C=O) groups excluding carboxylic acids is 3. The van der Waals surface area contributed by atoms with Gasteiger partial charge in [-0.05, 0) is 69.5 Å². The molecule has 4 aliphatic heterocycles. The van der Waals surface area contributed by atoms with Gasteiger partial charge < -0.3 is 29.3 Å². The topological polar surface area (TPSA) is 99.6 Å². The van der Waals surface area contributed by atoms with E-state index in [2.05, 4.69) is 0 Å². The number of amides is 3. The van der Waals surface area contributed by atoms with Crippen molar-refractivity contribution in [3.63, 3.8) is 0 Å². The molecular formula is C35H41N3O6. The van der Waals surface area contributed by atoms with Crippen molar-refractivity contribution in [1.82, 2.24) is 4.90 Å². The lowest BCUT2D eigenvalue weighted by atomic mass is 9.74. The van der Waals surface area contributed by atoms with Crippen LogP contribution in [-0.4, -0.2) is 77.3 Å². The number of hydrogen-bond donors (Lipinski definition) is 1. The minimum Gasteiger partial charge on any atom is -0.494 e. The summed E-state index contributed by atoms with van der Waals surface area (Å²) in [6, 6.07) is 11.5. The molecule has 0 radical (unpaired) electrons. The third-order valence-corrected chi connectivity index (χ3v) is 9.74. The SMILES string of the molecule is CCOc1ccc(N2CC=C[C@]3(C)O[C@]45C=CCN(c6c(C)cccc6C)C(=O)C4N([C@@H](CC)CO)C(=O)[C@@H]5[C@@H]3C2=O)cc1. The second-order valence-corrected chi connectivity index (χ2v) is 12.4. The summed E-state index contributed by atoms with van der Waals surface area (Å²) in [5, 5.41) is 10.4. The van der Waals surface area contributed by atoms with Crippen molar-refractivity contribution in [2.75, 3.05) is 36.1 Å². The van der Waals surface area contributed by atoms with Gasteiger partial charge in [0.25, 0.3) is 5.91 Å². The fourth-order valence-electron chi connectivity index (χ4n) is 7.82. The maximum Gasteiger partial charge on any atom is 0.253 e. The molecule has 0 aliphatic carbocycles. The standard InChI is InChI=1S/C35H41N3O6/c1-6-24(21-39)38-30-33(42)37(29-22(3)11-8-12-23(29)4)20-10-18-35(30)28(32(38)41)27-31(40)36(19-9-17-34(27,5)44-35)25-13-15-26(16-14-25)43-7-2/h8-18,24,27-28,30,39H,6-7,19-21H2,1-5H3/t24-,27+,28-,30?,34-,35-/m0/s1. The minimum absolute atomic E-state index is 0.244. The predicted octanol–water partition coefficient (Wildman–Crippen LogP) is 3.95. The summed E-state index contributed by atoms with van der Waals surface area (Å²) in [6.45, 7) is 10.4. The molecule has 2 aromatic carbocycles. The molecule has 2 fully saturated rings. The van der Waals surface area contributed by atoms with Gasteiger partial charge in [0.15, 0.2) is 0 Å². The Kier molecular flexibility index (Phi) is 7.66. The number of hydrogen-bond acceptors (Lipinski definition) is 6. The summed E-state index contributed by atoms with van der Waals surface area (Å²) < 4.78 is 12.6. The van der Waals surface area contributed by atoms with Gasteiger partial charge in [-0.1, -0.05) is 49.4 Å². The number of aliphatic hydroxyl groups is 1. The highest BCUT2D eigenvalue weighted by atomic mass is 16.5. The van der Waals surface area contributed by atoms with E-state index in [0.29, 0.717) is 37.6 Å². The van der Waals surface area contributed by atoms with E-state index in [9.17, 15) is 19.5 Å². The lowest BCUT2D eigenvalue weighted by Crippen LogP contribution is -2.59. The molecule has 4 aliphatic rings. The van der Waals surface area contributed by atoms with E-state index >= 15 is 0 Å². The zero-order valence-electron chi connectivity index (χ0n) is 26.0. The van der Waals surface area contributed by atoms with Crippen molar-refractivity contribution < 1.29 is 29.0 Å². The van der Waals surface area contributed by atoms with Crippen LogP contribution in [0.25, 0.3) is 0 Å². The summed E-state index contributed by atoms with van der Waals surface area (Å²) in [6.07, 6.45) is 7.95. The number of para-hydroxylation sites is 1. The van der Waals surface area contributed by atoms with Crippen molar-refractivity contribution in [3.8, 4) is 5.75 Å². The van der Waals surface area contributed by atoms with Crippen molar-refractivity contribution in [2.24, 2.45) is 11.8 Å². The van der Waals surface area contributed by atoms with E-state index in [1.54, 1.807) is 9.80 Å². The molecule has 2 aromatic rings. The Hall–Kier alpha value is -3.95. The largest absolute Gasteiger partial charge is 0.494 e. The fourth-order valence-corrected chi connectivity index (χ4v) is 7.82. The maximum absolute atomic E-state index is 14.8. The Balaban J connectivity index is 1.47. The van der Waals surface area contributed by atoms with E-state index in [0.717, 1.165) is 16.8 Å². The van der Waals surface area contributed by atoms with Crippen molar-refractivity contribution >= 4 is 29.1 Å². The van der Waals surface area contributed by atoms with E-state index in [1.165, 1.54) is 4.90 Å². The zero-order chi connectivity index (χ0) is 31.4. The highest BCUT2D eigenvalue weighted by Crippen LogP contribution is 2.58. The third-order valence-electron chi connectivity index (χ3n) is 9.74. The molecule has 9 heteroatoms. The molecule has 1 spiro atoms. The molecule has 0 aromatic heterocycles. The fraction of sp³-hybridized carbons (Fsp3) is 0.457. The predicted molar refractivity (Wildman–Crippen MR) is 168 cm³/mol. The molecule has 0 bridgehead atoms. The lowest BCUT2D eigenvalue weighted by Gasteiger charge is -2.40. The van der Waals surface area contributed by atoms with Crippen LogP contribution in [0, 0.1) is 25.7 Å². The number of likely N-dealkylation sites (tertiary alicyclic amines) is 1. The van der Waals surface area contributed by atoms with E-state index in [4.69, 9.17) is 9.47 Å². The molecule has 9 nitrogen and oxygen atoms in total. The van der Waals surface area contributed by atoms with Gasteiger partial charge in [0.05, 0.1) is 36.7 Å². The van der Waals surface area contributed by atoms with Crippen LogP contribution in [0.15, 0.2) is 66.8 Å². The molecule has 44 heavy (non-hydrogen) atoms. The molecule has 2 saturated heterocycles. The van der Waals surface area contributed by atoms with Crippen LogP contribution in [-0.2, 0) is 19.1 Å². The first-order chi connectivity index (χ1) is 21.1.